The molecular weight excluding hydrogens is 769 g/mol. The molecule has 6 nitrogen and oxygen atoms in total. The van der Waals surface area contributed by atoms with Crippen LogP contribution in [-0.4, -0.2) is 37.2 Å². The molecule has 0 radical (unpaired) electrons. The maximum atomic E-state index is 12.8. The summed E-state index contributed by atoms with van der Waals surface area (Å²) in [6, 6.07) is 0. The van der Waals surface area contributed by atoms with Gasteiger partial charge in [-0.3, -0.25) is 14.4 Å². The van der Waals surface area contributed by atoms with Crippen molar-refractivity contribution in [1.29, 1.82) is 0 Å². The summed E-state index contributed by atoms with van der Waals surface area (Å²) in [5.41, 5.74) is 0. The molecule has 1 unspecified atom stereocenters. The first-order chi connectivity index (χ1) is 30.5. The molecule has 0 aliphatic heterocycles. The molecule has 364 valence electrons. The van der Waals surface area contributed by atoms with Crippen molar-refractivity contribution >= 4 is 17.9 Å². The molecule has 0 aromatic rings. The molecule has 0 heterocycles. The van der Waals surface area contributed by atoms with Crippen molar-refractivity contribution in [3.05, 3.63) is 24.3 Å². The molecule has 0 fully saturated rings. The summed E-state index contributed by atoms with van der Waals surface area (Å²) in [6.45, 7) is 6.62. The van der Waals surface area contributed by atoms with Crippen LogP contribution in [0.3, 0.4) is 0 Å². The van der Waals surface area contributed by atoms with Gasteiger partial charge in [0.05, 0.1) is 0 Å². The minimum absolute atomic E-state index is 0.0708. The number of hydrogen-bond acceptors (Lipinski definition) is 6. The number of allylic oxidation sites excluding steroid dienone is 4. The molecule has 1 atom stereocenters. The second kappa shape index (κ2) is 51.5. The molecule has 0 saturated carbocycles. The van der Waals surface area contributed by atoms with Gasteiger partial charge in [-0.1, -0.05) is 231 Å². The molecule has 0 rings (SSSR count). The van der Waals surface area contributed by atoms with E-state index in [0.717, 1.165) is 57.8 Å². The van der Waals surface area contributed by atoms with Crippen LogP contribution >= 0.6 is 0 Å². The highest BCUT2D eigenvalue weighted by molar-refractivity contribution is 5.71. The summed E-state index contributed by atoms with van der Waals surface area (Å²) in [7, 11) is 0. The van der Waals surface area contributed by atoms with Crippen LogP contribution in [0.15, 0.2) is 24.3 Å². The van der Waals surface area contributed by atoms with Crippen LogP contribution in [0.25, 0.3) is 0 Å². The largest absolute Gasteiger partial charge is 0.462 e. The normalized spacial score (nSPS) is 12.1. The highest BCUT2D eigenvalue weighted by Gasteiger charge is 2.19. The van der Waals surface area contributed by atoms with Crippen molar-refractivity contribution < 1.29 is 28.6 Å². The first kappa shape index (κ1) is 59.9. The van der Waals surface area contributed by atoms with E-state index >= 15 is 0 Å². The van der Waals surface area contributed by atoms with Gasteiger partial charge in [0.1, 0.15) is 13.2 Å². The molecular formula is C56H104O6. The predicted octanol–water partition coefficient (Wildman–Crippen LogP) is 17.9. The molecule has 0 saturated heterocycles. The Morgan fingerprint density at radius 1 is 0.306 bits per heavy atom. The number of carbonyl (C=O) groups is 3. The number of esters is 3. The van der Waals surface area contributed by atoms with Crippen molar-refractivity contribution in [2.75, 3.05) is 13.2 Å². The van der Waals surface area contributed by atoms with E-state index in [2.05, 4.69) is 45.1 Å². The van der Waals surface area contributed by atoms with Crippen LogP contribution in [0.2, 0.25) is 0 Å². The van der Waals surface area contributed by atoms with Gasteiger partial charge in [0, 0.05) is 19.3 Å². The third-order valence-electron chi connectivity index (χ3n) is 12.2. The van der Waals surface area contributed by atoms with Gasteiger partial charge in [-0.05, 0) is 70.6 Å². The van der Waals surface area contributed by atoms with Gasteiger partial charge in [0.25, 0.3) is 0 Å². The van der Waals surface area contributed by atoms with Crippen molar-refractivity contribution in [2.24, 2.45) is 0 Å². The fraction of sp³-hybridized carbons (Fsp3) is 0.875. The Labute approximate surface area is 385 Å². The lowest BCUT2D eigenvalue weighted by Crippen LogP contribution is -2.30. The van der Waals surface area contributed by atoms with Crippen LogP contribution in [0.4, 0.5) is 0 Å². The maximum absolute atomic E-state index is 12.8. The Morgan fingerprint density at radius 2 is 0.532 bits per heavy atom. The van der Waals surface area contributed by atoms with E-state index in [-0.39, 0.29) is 31.1 Å². The van der Waals surface area contributed by atoms with Crippen molar-refractivity contribution in [1.82, 2.24) is 0 Å². The third-order valence-corrected chi connectivity index (χ3v) is 12.2. The minimum Gasteiger partial charge on any atom is -0.462 e. The van der Waals surface area contributed by atoms with Gasteiger partial charge in [0.2, 0.25) is 0 Å². The average Bonchev–Trinajstić information content (AvgIpc) is 3.27. The molecule has 6 heteroatoms. The molecule has 0 aromatic heterocycles. The fourth-order valence-electron chi connectivity index (χ4n) is 8.02. The van der Waals surface area contributed by atoms with Gasteiger partial charge in [0.15, 0.2) is 6.10 Å². The Bertz CT molecular complexity index is 1000. The standard InChI is InChI=1S/C56H104O6/c1-4-7-10-13-16-18-20-22-24-26-28-30-31-33-35-37-40-43-46-49-55(58)61-52-53(51-60-54(57)48-45-42-39-15-12-9-6-3)62-56(59)50-47-44-41-38-36-34-32-29-27-25-23-21-19-17-14-11-8-5-2/h22,24-25,27,53H,4-21,23,26,28-52H2,1-3H3/b24-22-,27-25-. The molecule has 0 N–H and O–H groups in total. The third kappa shape index (κ3) is 48.9. The van der Waals surface area contributed by atoms with Crippen molar-refractivity contribution in [3.8, 4) is 0 Å². The van der Waals surface area contributed by atoms with E-state index in [4.69, 9.17) is 14.2 Å². The molecule has 0 aliphatic rings. The molecule has 0 aliphatic carbocycles. The van der Waals surface area contributed by atoms with E-state index in [1.807, 2.05) is 0 Å². The molecule has 0 aromatic carbocycles. The Morgan fingerprint density at radius 3 is 0.806 bits per heavy atom. The van der Waals surface area contributed by atoms with Gasteiger partial charge in [-0.2, -0.15) is 0 Å². The number of ether oxygens (including phenoxy) is 3. The summed E-state index contributed by atoms with van der Waals surface area (Å²) in [5.74, 6) is -0.870. The molecule has 0 spiro atoms. The van der Waals surface area contributed by atoms with E-state index in [1.54, 1.807) is 0 Å². The lowest BCUT2D eigenvalue weighted by Gasteiger charge is -2.18. The Balaban J connectivity index is 4.20. The van der Waals surface area contributed by atoms with Crippen LogP contribution in [0.1, 0.15) is 297 Å². The van der Waals surface area contributed by atoms with Gasteiger partial charge < -0.3 is 14.2 Å². The smallest absolute Gasteiger partial charge is 0.306 e. The van der Waals surface area contributed by atoms with E-state index in [1.165, 1.54) is 199 Å². The summed E-state index contributed by atoms with van der Waals surface area (Å²) in [5, 5.41) is 0. The summed E-state index contributed by atoms with van der Waals surface area (Å²) in [4.78, 5) is 37.9. The summed E-state index contributed by atoms with van der Waals surface area (Å²) in [6.07, 6.45) is 59.0. The zero-order valence-electron chi connectivity index (χ0n) is 41.7. The predicted molar refractivity (Wildman–Crippen MR) is 266 cm³/mol. The monoisotopic (exact) mass is 873 g/mol. The lowest BCUT2D eigenvalue weighted by molar-refractivity contribution is -0.167. The Kier molecular flexibility index (Phi) is 49.8. The molecule has 0 bridgehead atoms. The van der Waals surface area contributed by atoms with Crippen molar-refractivity contribution in [3.63, 3.8) is 0 Å². The first-order valence-electron chi connectivity index (χ1n) is 27.3. The molecule has 62 heavy (non-hydrogen) atoms. The number of hydrogen-bond donors (Lipinski definition) is 0. The van der Waals surface area contributed by atoms with Crippen LogP contribution in [0.5, 0.6) is 0 Å². The van der Waals surface area contributed by atoms with E-state index in [0.29, 0.717) is 19.3 Å². The zero-order valence-corrected chi connectivity index (χ0v) is 41.7. The highest BCUT2D eigenvalue weighted by Crippen LogP contribution is 2.16. The number of unbranched alkanes of at least 4 members (excludes halogenated alkanes) is 35. The Hall–Kier alpha value is -2.11. The van der Waals surface area contributed by atoms with Gasteiger partial charge in [-0.25, -0.2) is 0 Å². The maximum Gasteiger partial charge on any atom is 0.306 e. The minimum atomic E-state index is -0.768. The van der Waals surface area contributed by atoms with Crippen molar-refractivity contribution in [2.45, 2.75) is 303 Å². The van der Waals surface area contributed by atoms with Crippen LogP contribution in [0, 0.1) is 0 Å². The van der Waals surface area contributed by atoms with Crippen LogP contribution in [-0.2, 0) is 28.6 Å². The zero-order chi connectivity index (χ0) is 45.1. The SMILES string of the molecule is CCCCCCCC/C=C\CCCCCCCCCCCC(=O)OCC(COC(=O)CCCCCCCCC)OC(=O)CCCCCCCCC/C=C\CCCCCCCCC. The number of rotatable bonds is 50. The van der Waals surface area contributed by atoms with Crippen LogP contribution < -0.4 is 0 Å². The van der Waals surface area contributed by atoms with E-state index < -0.39 is 6.10 Å². The summed E-state index contributed by atoms with van der Waals surface area (Å²) >= 11 is 0. The second-order valence-electron chi connectivity index (χ2n) is 18.5. The highest BCUT2D eigenvalue weighted by atomic mass is 16.6. The van der Waals surface area contributed by atoms with Gasteiger partial charge in [-0.15, -0.1) is 0 Å². The summed E-state index contributed by atoms with van der Waals surface area (Å²) < 4.78 is 16.8. The molecule has 0 amide bonds. The second-order valence-corrected chi connectivity index (χ2v) is 18.5. The first-order valence-corrected chi connectivity index (χ1v) is 27.3. The fourth-order valence-corrected chi connectivity index (χ4v) is 8.02. The van der Waals surface area contributed by atoms with Gasteiger partial charge >= 0.3 is 17.9 Å². The lowest BCUT2D eigenvalue weighted by atomic mass is 10.1. The quantitative estimate of drug-likeness (QED) is 0.0262. The number of carbonyl (C=O) groups excluding carboxylic acids is 3. The topological polar surface area (TPSA) is 78.9 Å². The van der Waals surface area contributed by atoms with E-state index in [9.17, 15) is 14.4 Å². The average molecular weight is 873 g/mol.